The molecule has 0 radical (unpaired) electrons. The van der Waals surface area contributed by atoms with E-state index in [4.69, 9.17) is 10.5 Å². The topological polar surface area (TPSA) is 53.1 Å². The van der Waals surface area contributed by atoms with E-state index in [2.05, 4.69) is 21.0 Å². The molecule has 0 amide bonds. The Hall–Kier alpha value is -1.33. The maximum absolute atomic E-state index is 6.24. The first-order chi connectivity index (χ1) is 8.60. The number of rotatable bonds is 4. The van der Waals surface area contributed by atoms with Crippen molar-refractivity contribution < 1.29 is 4.74 Å². The van der Waals surface area contributed by atoms with E-state index in [1.165, 1.54) is 0 Å². The fraction of sp³-hybridized carbons (Fsp3) is 0.308. The van der Waals surface area contributed by atoms with Crippen LogP contribution >= 0.6 is 15.9 Å². The Bertz CT molecular complexity index is 539. The number of halogens is 1. The Morgan fingerprint density at radius 2 is 2.28 bits per heavy atom. The molecule has 1 unspecified atom stereocenters. The lowest BCUT2D eigenvalue weighted by atomic mass is 10.0. The van der Waals surface area contributed by atoms with E-state index in [0.29, 0.717) is 0 Å². The molecule has 1 atom stereocenters. The standard InChI is InChI=1S/C13H16BrN3O/c1-17-8-9(7-16-17)5-13(15)11-6-10(18-2)3-4-12(11)14/h3-4,6-8,13H,5,15H2,1-2H3. The van der Waals surface area contributed by atoms with Crippen LogP contribution in [0.2, 0.25) is 0 Å². The van der Waals surface area contributed by atoms with Crippen LogP contribution in [0.4, 0.5) is 0 Å². The number of benzene rings is 1. The van der Waals surface area contributed by atoms with Gasteiger partial charge < -0.3 is 10.5 Å². The highest BCUT2D eigenvalue weighted by atomic mass is 79.9. The van der Waals surface area contributed by atoms with Crippen LogP contribution in [0.15, 0.2) is 35.1 Å². The van der Waals surface area contributed by atoms with Gasteiger partial charge in [-0.1, -0.05) is 15.9 Å². The summed E-state index contributed by atoms with van der Waals surface area (Å²) < 4.78 is 8.00. The molecule has 0 fully saturated rings. The largest absolute Gasteiger partial charge is 0.497 e. The first kappa shape index (κ1) is 13.1. The molecule has 2 N–H and O–H groups in total. The predicted octanol–water partition coefficient (Wildman–Crippen LogP) is 2.43. The number of nitrogens with two attached hydrogens (primary N) is 1. The minimum Gasteiger partial charge on any atom is -0.497 e. The Kier molecular flexibility index (Phi) is 4.04. The molecule has 96 valence electrons. The third-order valence-electron chi connectivity index (χ3n) is 2.82. The normalized spacial score (nSPS) is 12.4. The molecule has 1 aromatic carbocycles. The maximum atomic E-state index is 6.24. The number of aromatic nitrogens is 2. The lowest BCUT2D eigenvalue weighted by Crippen LogP contribution is -2.13. The van der Waals surface area contributed by atoms with Gasteiger partial charge in [-0.3, -0.25) is 4.68 Å². The van der Waals surface area contributed by atoms with Crippen LogP contribution in [0.3, 0.4) is 0 Å². The second-order valence-corrected chi connectivity index (χ2v) is 5.07. The van der Waals surface area contributed by atoms with Crippen LogP contribution in [0, 0.1) is 0 Å². The van der Waals surface area contributed by atoms with Crippen molar-refractivity contribution in [3.05, 3.63) is 46.2 Å². The minimum atomic E-state index is -0.0846. The van der Waals surface area contributed by atoms with Crippen LogP contribution in [0.1, 0.15) is 17.2 Å². The highest BCUT2D eigenvalue weighted by molar-refractivity contribution is 9.10. The fourth-order valence-electron chi connectivity index (χ4n) is 1.87. The Morgan fingerprint density at radius 1 is 1.50 bits per heavy atom. The zero-order valence-corrected chi connectivity index (χ0v) is 12.0. The van der Waals surface area contributed by atoms with Crippen molar-refractivity contribution >= 4 is 15.9 Å². The molecule has 1 heterocycles. The third-order valence-corrected chi connectivity index (χ3v) is 3.54. The smallest absolute Gasteiger partial charge is 0.119 e. The van der Waals surface area contributed by atoms with Gasteiger partial charge in [0.2, 0.25) is 0 Å². The number of hydrogen-bond acceptors (Lipinski definition) is 3. The van der Waals surface area contributed by atoms with E-state index in [-0.39, 0.29) is 6.04 Å². The summed E-state index contributed by atoms with van der Waals surface area (Å²) in [6.07, 6.45) is 4.57. The number of aryl methyl sites for hydroxylation is 1. The predicted molar refractivity (Wildman–Crippen MR) is 74.5 cm³/mol. The summed E-state index contributed by atoms with van der Waals surface area (Å²) in [4.78, 5) is 0. The van der Waals surface area contributed by atoms with Crippen molar-refractivity contribution in [2.45, 2.75) is 12.5 Å². The van der Waals surface area contributed by atoms with E-state index >= 15 is 0 Å². The lowest BCUT2D eigenvalue weighted by molar-refractivity contribution is 0.413. The number of nitrogens with zero attached hydrogens (tertiary/aromatic N) is 2. The van der Waals surface area contributed by atoms with Crippen molar-refractivity contribution in [2.75, 3.05) is 7.11 Å². The van der Waals surface area contributed by atoms with E-state index in [9.17, 15) is 0 Å². The van der Waals surface area contributed by atoms with Crippen molar-refractivity contribution in [2.24, 2.45) is 12.8 Å². The van der Waals surface area contributed by atoms with Gasteiger partial charge in [0.05, 0.1) is 13.3 Å². The highest BCUT2D eigenvalue weighted by Crippen LogP contribution is 2.28. The average Bonchev–Trinajstić information content (AvgIpc) is 2.75. The SMILES string of the molecule is COc1ccc(Br)c(C(N)Cc2cnn(C)c2)c1. The lowest BCUT2D eigenvalue weighted by Gasteiger charge is -2.14. The van der Waals surface area contributed by atoms with E-state index in [1.807, 2.05) is 37.6 Å². The zero-order valence-electron chi connectivity index (χ0n) is 10.4. The summed E-state index contributed by atoms with van der Waals surface area (Å²) in [7, 11) is 3.55. The molecule has 0 saturated heterocycles. The molecule has 5 heteroatoms. The van der Waals surface area contributed by atoms with Crippen LogP contribution < -0.4 is 10.5 Å². The first-order valence-corrected chi connectivity index (χ1v) is 6.46. The Labute approximate surface area is 115 Å². The van der Waals surface area contributed by atoms with Gasteiger partial charge in [0.15, 0.2) is 0 Å². The molecule has 0 aliphatic rings. The van der Waals surface area contributed by atoms with Gasteiger partial charge in [0, 0.05) is 23.8 Å². The van der Waals surface area contributed by atoms with Crippen LogP contribution in [0.5, 0.6) is 5.75 Å². The van der Waals surface area contributed by atoms with Gasteiger partial charge in [-0.15, -0.1) is 0 Å². The number of methoxy groups -OCH3 is 1. The second-order valence-electron chi connectivity index (χ2n) is 4.22. The summed E-state index contributed by atoms with van der Waals surface area (Å²) in [5, 5.41) is 4.14. The van der Waals surface area contributed by atoms with Gasteiger partial charge in [0.1, 0.15) is 5.75 Å². The highest BCUT2D eigenvalue weighted by Gasteiger charge is 2.12. The third kappa shape index (κ3) is 2.91. The molecule has 0 aliphatic heterocycles. The first-order valence-electron chi connectivity index (χ1n) is 5.66. The van der Waals surface area contributed by atoms with Crippen molar-refractivity contribution in [3.8, 4) is 5.75 Å². The Balaban J connectivity index is 2.20. The minimum absolute atomic E-state index is 0.0846. The van der Waals surface area contributed by atoms with Crippen LogP contribution in [-0.2, 0) is 13.5 Å². The van der Waals surface area contributed by atoms with Crippen molar-refractivity contribution in [1.82, 2.24) is 9.78 Å². The van der Waals surface area contributed by atoms with Crippen molar-refractivity contribution in [1.29, 1.82) is 0 Å². The van der Waals surface area contributed by atoms with E-state index in [1.54, 1.807) is 11.8 Å². The summed E-state index contributed by atoms with van der Waals surface area (Å²) in [5.74, 6) is 0.815. The fourth-order valence-corrected chi connectivity index (χ4v) is 2.41. The number of hydrogen-bond donors (Lipinski definition) is 1. The summed E-state index contributed by atoms with van der Waals surface area (Å²) in [6, 6.07) is 5.74. The van der Waals surface area contributed by atoms with E-state index < -0.39 is 0 Å². The van der Waals surface area contributed by atoms with Gasteiger partial charge >= 0.3 is 0 Å². The number of ether oxygens (including phenoxy) is 1. The summed E-state index contributed by atoms with van der Waals surface area (Å²) in [5.41, 5.74) is 8.40. The quantitative estimate of drug-likeness (QED) is 0.943. The molecule has 1 aromatic heterocycles. The molecule has 0 spiro atoms. The second kappa shape index (κ2) is 5.54. The molecule has 18 heavy (non-hydrogen) atoms. The zero-order chi connectivity index (χ0) is 13.1. The monoisotopic (exact) mass is 309 g/mol. The van der Waals surface area contributed by atoms with Crippen LogP contribution in [-0.4, -0.2) is 16.9 Å². The van der Waals surface area contributed by atoms with Gasteiger partial charge in [-0.25, -0.2) is 0 Å². The molecular formula is C13H16BrN3O. The Morgan fingerprint density at radius 3 is 2.89 bits per heavy atom. The molecule has 0 saturated carbocycles. The maximum Gasteiger partial charge on any atom is 0.119 e. The van der Waals surface area contributed by atoms with Gasteiger partial charge in [-0.05, 0) is 35.7 Å². The van der Waals surface area contributed by atoms with Gasteiger partial charge in [-0.2, -0.15) is 5.10 Å². The molecule has 2 aromatic rings. The summed E-state index contributed by atoms with van der Waals surface area (Å²) in [6.45, 7) is 0. The molecule has 0 aliphatic carbocycles. The molecule has 0 bridgehead atoms. The molecular weight excluding hydrogens is 294 g/mol. The van der Waals surface area contributed by atoms with E-state index in [0.717, 1.165) is 27.8 Å². The summed E-state index contributed by atoms with van der Waals surface area (Å²) >= 11 is 3.52. The molecule has 4 nitrogen and oxygen atoms in total. The van der Waals surface area contributed by atoms with Gasteiger partial charge in [0.25, 0.3) is 0 Å². The molecule has 2 rings (SSSR count). The average molecular weight is 310 g/mol. The van der Waals surface area contributed by atoms with Crippen LogP contribution in [0.25, 0.3) is 0 Å². The van der Waals surface area contributed by atoms with Crippen molar-refractivity contribution in [3.63, 3.8) is 0 Å².